The Morgan fingerprint density at radius 1 is 1.20 bits per heavy atom. The predicted molar refractivity (Wildman–Crippen MR) is 93.4 cm³/mol. The van der Waals surface area contributed by atoms with Gasteiger partial charge in [0.05, 0.1) is 5.69 Å². The number of hydrogen-bond donors (Lipinski definition) is 1. The van der Waals surface area contributed by atoms with Crippen LogP contribution >= 0.6 is 0 Å². The van der Waals surface area contributed by atoms with Gasteiger partial charge in [-0.25, -0.2) is 4.68 Å². The van der Waals surface area contributed by atoms with Gasteiger partial charge in [0, 0.05) is 17.8 Å². The second kappa shape index (κ2) is 7.29. The Kier molecular flexibility index (Phi) is 4.92. The van der Waals surface area contributed by atoms with Crippen LogP contribution in [0.15, 0.2) is 40.9 Å². The number of aromatic nitrogens is 4. The van der Waals surface area contributed by atoms with Crippen LogP contribution in [0.5, 0.6) is 0 Å². The van der Waals surface area contributed by atoms with Gasteiger partial charge in [-0.1, -0.05) is 32.0 Å². The molecule has 25 heavy (non-hydrogen) atoms. The van der Waals surface area contributed by atoms with Gasteiger partial charge in [-0.05, 0) is 31.9 Å². The van der Waals surface area contributed by atoms with Crippen LogP contribution in [0.25, 0.3) is 17.3 Å². The summed E-state index contributed by atoms with van der Waals surface area (Å²) < 4.78 is 7.29. The molecule has 0 radical (unpaired) electrons. The molecule has 0 spiro atoms. The van der Waals surface area contributed by atoms with E-state index >= 15 is 0 Å². The lowest BCUT2D eigenvalue weighted by Crippen LogP contribution is -2.34. The minimum atomic E-state index is -0.354. The van der Waals surface area contributed by atoms with E-state index < -0.39 is 0 Å². The SMILES string of the molecule is CCC(CC)NC(=O)c1nnc(-c2nn(-c3ccccc3)cc2C)o1. The average Bonchev–Trinajstić information content (AvgIpc) is 3.27. The topological polar surface area (TPSA) is 85.8 Å². The predicted octanol–water partition coefficient (Wildman–Crippen LogP) is 3.15. The maximum Gasteiger partial charge on any atom is 0.309 e. The maximum atomic E-state index is 12.2. The molecule has 0 unspecified atom stereocenters. The summed E-state index contributed by atoms with van der Waals surface area (Å²) in [6, 6.07) is 9.85. The Morgan fingerprint density at radius 3 is 2.60 bits per heavy atom. The van der Waals surface area contributed by atoms with E-state index in [1.807, 2.05) is 57.3 Å². The minimum Gasteiger partial charge on any atom is -0.411 e. The average molecular weight is 339 g/mol. The van der Waals surface area contributed by atoms with Crippen LogP contribution in [0.4, 0.5) is 0 Å². The van der Waals surface area contributed by atoms with Crippen molar-refractivity contribution in [3.05, 3.63) is 48.0 Å². The molecule has 3 rings (SSSR count). The molecule has 2 aromatic heterocycles. The fourth-order valence-corrected chi connectivity index (χ4v) is 2.54. The quantitative estimate of drug-likeness (QED) is 0.745. The van der Waals surface area contributed by atoms with Gasteiger partial charge in [-0.15, -0.1) is 10.2 Å². The molecule has 1 N–H and O–H groups in total. The zero-order chi connectivity index (χ0) is 17.8. The molecule has 0 saturated heterocycles. The third kappa shape index (κ3) is 3.60. The van der Waals surface area contributed by atoms with Crippen molar-refractivity contribution < 1.29 is 9.21 Å². The summed E-state index contributed by atoms with van der Waals surface area (Å²) in [7, 11) is 0. The number of hydrogen-bond acceptors (Lipinski definition) is 5. The lowest BCUT2D eigenvalue weighted by atomic mass is 10.2. The third-order valence-electron chi connectivity index (χ3n) is 4.06. The second-order valence-electron chi connectivity index (χ2n) is 5.84. The maximum absolute atomic E-state index is 12.2. The summed E-state index contributed by atoms with van der Waals surface area (Å²) in [4.78, 5) is 12.2. The Balaban J connectivity index is 1.83. The molecular formula is C18H21N5O2. The summed E-state index contributed by atoms with van der Waals surface area (Å²) >= 11 is 0. The molecule has 0 saturated carbocycles. The molecule has 7 nitrogen and oxygen atoms in total. The lowest BCUT2D eigenvalue weighted by Gasteiger charge is -2.12. The summed E-state index contributed by atoms with van der Waals surface area (Å²) in [5.74, 6) is -0.162. The van der Waals surface area contributed by atoms with Crippen LogP contribution in [0.1, 0.15) is 42.9 Å². The van der Waals surface area contributed by atoms with E-state index in [1.165, 1.54) is 0 Å². The Hall–Kier alpha value is -2.96. The monoisotopic (exact) mass is 339 g/mol. The van der Waals surface area contributed by atoms with E-state index in [0.29, 0.717) is 5.69 Å². The summed E-state index contributed by atoms with van der Waals surface area (Å²) in [6.45, 7) is 5.95. The van der Waals surface area contributed by atoms with Crippen LogP contribution in [0, 0.1) is 6.92 Å². The first-order chi connectivity index (χ1) is 12.1. The zero-order valence-corrected chi connectivity index (χ0v) is 14.6. The fourth-order valence-electron chi connectivity index (χ4n) is 2.54. The van der Waals surface area contributed by atoms with Gasteiger partial charge < -0.3 is 9.73 Å². The summed E-state index contributed by atoms with van der Waals surface area (Å²) in [6.07, 6.45) is 3.59. The van der Waals surface area contributed by atoms with Gasteiger partial charge in [0.25, 0.3) is 5.89 Å². The number of nitrogens with one attached hydrogen (secondary N) is 1. The first-order valence-electron chi connectivity index (χ1n) is 8.38. The van der Waals surface area contributed by atoms with Crippen LogP contribution in [-0.2, 0) is 0 Å². The number of rotatable bonds is 6. The second-order valence-corrected chi connectivity index (χ2v) is 5.84. The molecule has 1 amide bonds. The first kappa shape index (κ1) is 16.9. The van der Waals surface area contributed by atoms with E-state index in [9.17, 15) is 4.79 Å². The van der Waals surface area contributed by atoms with Gasteiger partial charge in [0.1, 0.15) is 0 Å². The number of benzene rings is 1. The van der Waals surface area contributed by atoms with E-state index in [1.54, 1.807) is 4.68 Å². The standard InChI is InChI=1S/C18H21N5O2/c1-4-13(5-2)19-16(24)18-21-20-17(25-18)15-12(3)11-23(22-15)14-9-7-6-8-10-14/h6-11,13H,4-5H2,1-3H3,(H,19,24). The molecule has 2 heterocycles. The van der Waals surface area contributed by atoms with Gasteiger partial charge in [0.2, 0.25) is 0 Å². The summed E-state index contributed by atoms with van der Waals surface area (Å²) in [5.41, 5.74) is 2.39. The van der Waals surface area contributed by atoms with Crippen molar-refractivity contribution >= 4 is 5.91 Å². The zero-order valence-electron chi connectivity index (χ0n) is 14.6. The van der Waals surface area contributed by atoms with Crippen molar-refractivity contribution in [2.75, 3.05) is 0 Å². The molecule has 130 valence electrons. The molecular weight excluding hydrogens is 318 g/mol. The Labute approximate surface area is 146 Å². The molecule has 0 fully saturated rings. The molecule has 1 aromatic carbocycles. The Morgan fingerprint density at radius 2 is 1.92 bits per heavy atom. The molecule has 0 aliphatic carbocycles. The smallest absolute Gasteiger partial charge is 0.309 e. The van der Waals surface area contributed by atoms with Crippen molar-refractivity contribution in [1.82, 2.24) is 25.3 Å². The molecule has 0 bridgehead atoms. The number of nitrogens with zero attached hydrogens (tertiary/aromatic N) is 4. The highest BCUT2D eigenvalue weighted by atomic mass is 16.4. The number of carbonyl (C=O) groups is 1. The lowest BCUT2D eigenvalue weighted by molar-refractivity contribution is 0.0900. The summed E-state index contributed by atoms with van der Waals surface area (Å²) in [5, 5.41) is 15.2. The minimum absolute atomic E-state index is 0.0458. The van der Waals surface area contributed by atoms with Gasteiger partial charge in [-0.3, -0.25) is 4.79 Å². The van der Waals surface area contributed by atoms with E-state index in [0.717, 1.165) is 24.1 Å². The third-order valence-corrected chi connectivity index (χ3v) is 4.06. The van der Waals surface area contributed by atoms with E-state index in [2.05, 4.69) is 20.6 Å². The Bertz CT molecular complexity index is 849. The van der Waals surface area contributed by atoms with Crippen molar-refractivity contribution in [2.24, 2.45) is 0 Å². The highest BCUT2D eigenvalue weighted by Gasteiger charge is 2.20. The van der Waals surface area contributed by atoms with E-state index in [4.69, 9.17) is 4.42 Å². The molecule has 0 atom stereocenters. The van der Waals surface area contributed by atoms with Crippen molar-refractivity contribution in [1.29, 1.82) is 0 Å². The molecule has 0 aliphatic rings. The van der Waals surface area contributed by atoms with Gasteiger partial charge in [0.15, 0.2) is 5.69 Å². The number of carbonyl (C=O) groups excluding carboxylic acids is 1. The number of amides is 1. The van der Waals surface area contributed by atoms with Crippen LogP contribution in [0.2, 0.25) is 0 Å². The highest BCUT2D eigenvalue weighted by molar-refractivity contribution is 5.89. The van der Waals surface area contributed by atoms with Gasteiger partial charge in [-0.2, -0.15) is 5.10 Å². The normalized spacial score (nSPS) is 11.0. The van der Waals surface area contributed by atoms with Crippen LogP contribution < -0.4 is 5.32 Å². The fraction of sp³-hybridized carbons (Fsp3) is 0.333. The largest absolute Gasteiger partial charge is 0.411 e. The molecule has 7 heteroatoms. The highest BCUT2D eigenvalue weighted by Crippen LogP contribution is 2.22. The number of para-hydroxylation sites is 1. The van der Waals surface area contributed by atoms with Crippen molar-refractivity contribution in [3.63, 3.8) is 0 Å². The molecule has 0 aliphatic heterocycles. The number of aryl methyl sites for hydroxylation is 1. The van der Waals surface area contributed by atoms with Crippen molar-refractivity contribution in [3.8, 4) is 17.3 Å². The first-order valence-corrected chi connectivity index (χ1v) is 8.38. The van der Waals surface area contributed by atoms with Crippen LogP contribution in [-0.4, -0.2) is 31.9 Å². The van der Waals surface area contributed by atoms with E-state index in [-0.39, 0.29) is 23.7 Å². The van der Waals surface area contributed by atoms with Gasteiger partial charge >= 0.3 is 11.8 Å². The molecule has 3 aromatic rings. The van der Waals surface area contributed by atoms with Crippen molar-refractivity contribution in [2.45, 2.75) is 39.7 Å². The van der Waals surface area contributed by atoms with Crippen LogP contribution in [0.3, 0.4) is 0 Å².